The maximum atomic E-state index is 10.6. The van der Waals surface area contributed by atoms with Crippen molar-refractivity contribution in [2.24, 2.45) is 7.05 Å². The van der Waals surface area contributed by atoms with Gasteiger partial charge in [-0.2, -0.15) is 0 Å². The molecule has 0 amide bonds. The molecule has 2 rings (SSSR count). The minimum absolute atomic E-state index is 0.501. The molecular weight excluding hydrogens is 266 g/mol. The number of hydrogen-bond acceptors (Lipinski definition) is 2. The third kappa shape index (κ3) is 2.58. The van der Waals surface area contributed by atoms with Gasteiger partial charge in [0, 0.05) is 29.6 Å². The number of carbonyl (C=O) groups is 1. The summed E-state index contributed by atoms with van der Waals surface area (Å²) in [5.74, 6) is -0.267. The Morgan fingerprint density at radius 3 is 2.89 bits per heavy atom. The normalized spacial score (nSPS) is 11.3. The van der Waals surface area contributed by atoms with Gasteiger partial charge in [-0.15, -0.1) is 0 Å². The average Bonchev–Trinajstić information content (AvgIpc) is 2.60. The van der Waals surface area contributed by atoms with Crippen molar-refractivity contribution in [3.63, 3.8) is 0 Å². The van der Waals surface area contributed by atoms with Crippen molar-refractivity contribution in [1.82, 2.24) is 4.57 Å². The molecule has 4 nitrogen and oxygen atoms in total. The van der Waals surface area contributed by atoms with Crippen LogP contribution >= 0.6 is 11.6 Å². The van der Waals surface area contributed by atoms with E-state index in [0.29, 0.717) is 17.3 Å². The van der Waals surface area contributed by atoms with Crippen molar-refractivity contribution in [3.8, 4) is 5.75 Å². The zero-order valence-corrected chi connectivity index (χ0v) is 11.4. The fourth-order valence-corrected chi connectivity index (χ4v) is 2.25. The number of hydrogen-bond donors (Lipinski definition) is 1. The number of carboxylic acids is 1. The lowest BCUT2D eigenvalue weighted by Gasteiger charge is -2.03. The van der Waals surface area contributed by atoms with Crippen LogP contribution in [0, 0.1) is 0 Å². The van der Waals surface area contributed by atoms with Gasteiger partial charge in [-0.1, -0.05) is 11.6 Å². The molecule has 5 heteroatoms. The molecule has 0 aliphatic heterocycles. The highest BCUT2D eigenvalue weighted by atomic mass is 35.5. The molecule has 1 aromatic heterocycles. The Hall–Kier alpha value is -1.94. The summed E-state index contributed by atoms with van der Waals surface area (Å²) in [5, 5.41) is 10.1. The molecular formula is C14H14ClNO3. The molecule has 0 radical (unpaired) electrons. The molecule has 19 heavy (non-hydrogen) atoms. The predicted molar refractivity (Wildman–Crippen MR) is 75.8 cm³/mol. The lowest BCUT2D eigenvalue weighted by atomic mass is 10.1. The number of nitrogens with zero attached hydrogens (tertiary/aromatic N) is 1. The Labute approximate surface area is 115 Å². The maximum Gasteiger partial charge on any atom is 0.328 e. The van der Waals surface area contributed by atoms with Crippen LogP contribution in [0.2, 0.25) is 5.15 Å². The molecule has 1 N–H and O–H groups in total. The molecule has 2 aromatic rings. The third-order valence-electron chi connectivity index (χ3n) is 2.84. The van der Waals surface area contributed by atoms with E-state index in [0.717, 1.165) is 22.7 Å². The van der Waals surface area contributed by atoms with Crippen molar-refractivity contribution in [3.05, 3.63) is 35.0 Å². The standard InChI is InChI=1S/C14H14ClNO3/c1-3-19-9-4-6-12-11(8-9)10(5-7-13(17)18)14(15)16(12)2/h4-8H,3H2,1-2H3,(H,17,18)/b7-5+. The van der Waals surface area contributed by atoms with E-state index in [2.05, 4.69) is 0 Å². The summed E-state index contributed by atoms with van der Waals surface area (Å²) >= 11 is 6.23. The maximum absolute atomic E-state index is 10.6. The highest BCUT2D eigenvalue weighted by molar-refractivity contribution is 6.33. The number of carboxylic acid groups (broad SMARTS) is 1. The van der Waals surface area contributed by atoms with Crippen LogP contribution in [-0.4, -0.2) is 22.2 Å². The van der Waals surface area contributed by atoms with Gasteiger partial charge < -0.3 is 14.4 Å². The summed E-state index contributed by atoms with van der Waals surface area (Å²) in [6.07, 6.45) is 2.58. The van der Waals surface area contributed by atoms with Gasteiger partial charge in [0.15, 0.2) is 0 Å². The fourth-order valence-electron chi connectivity index (χ4n) is 1.99. The number of fused-ring (bicyclic) bond motifs is 1. The molecule has 0 spiro atoms. The lowest BCUT2D eigenvalue weighted by Crippen LogP contribution is -1.91. The Balaban J connectivity index is 2.63. The number of halogens is 1. The van der Waals surface area contributed by atoms with Crippen LogP contribution in [0.15, 0.2) is 24.3 Å². The molecule has 0 saturated carbocycles. The van der Waals surface area contributed by atoms with E-state index in [-0.39, 0.29) is 0 Å². The number of aryl methyl sites for hydroxylation is 1. The van der Waals surface area contributed by atoms with Crippen LogP contribution in [0.5, 0.6) is 5.75 Å². The zero-order valence-electron chi connectivity index (χ0n) is 10.7. The van der Waals surface area contributed by atoms with Crippen LogP contribution < -0.4 is 4.74 Å². The first-order valence-corrected chi connectivity index (χ1v) is 6.24. The zero-order chi connectivity index (χ0) is 14.0. The number of rotatable bonds is 4. The van der Waals surface area contributed by atoms with Gasteiger partial charge >= 0.3 is 5.97 Å². The molecule has 1 heterocycles. The Morgan fingerprint density at radius 1 is 1.53 bits per heavy atom. The minimum atomic E-state index is -1.01. The van der Waals surface area contributed by atoms with Gasteiger partial charge in [-0.25, -0.2) is 4.79 Å². The fraction of sp³-hybridized carbons (Fsp3) is 0.214. The van der Waals surface area contributed by atoms with Crippen molar-refractivity contribution in [1.29, 1.82) is 0 Å². The number of benzene rings is 1. The van der Waals surface area contributed by atoms with Crippen LogP contribution in [-0.2, 0) is 11.8 Å². The molecule has 0 fully saturated rings. The molecule has 100 valence electrons. The van der Waals surface area contributed by atoms with Gasteiger partial charge in [0.2, 0.25) is 0 Å². The number of aliphatic carboxylic acids is 1. The van der Waals surface area contributed by atoms with Gasteiger partial charge in [-0.05, 0) is 31.2 Å². The summed E-state index contributed by atoms with van der Waals surface area (Å²) < 4.78 is 7.26. The highest BCUT2D eigenvalue weighted by Gasteiger charge is 2.12. The summed E-state index contributed by atoms with van der Waals surface area (Å²) in [5.41, 5.74) is 1.61. The average molecular weight is 280 g/mol. The summed E-state index contributed by atoms with van der Waals surface area (Å²) in [6.45, 7) is 2.49. The van der Waals surface area contributed by atoms with Gasteiger partial charge in [0.1, 0.15) is 10.9 Å². The summed E-state index contributed by atoms with van der Waals surface area (Å²) in [4.78, 5) is 10.6. The van der Waals surface area contributed by atoms with E-state index < -0.39 is 5.97 Å². The van der Waals surface area contributed by atoms with Crippen LogP contribution in [0.25, 0.3) is 17.0 Å². The topological polar surface area (TPSA) is 51.5 Å². The van der Waals surface area contributed by atoms with Gasteiger partial charge in [0.25, 0.3) is 0 Å². The van der Waals surface area contributed by atoms with E-state index in [1.165, 1.54) is 6.08 Å². The van der Waals surface area contributed by atoms with Crippen LogP contribution in [0.4, 0.5) is 0 Å². The van der Waals surface area contributed by atoms with Crippen molar-refractivity contribution >= 4 is 34.5 Å². The van der Waals surface area contributed by atoms with Gasteiger partial charge in [0.05, 0.1) is 6.61 Å². The second-order valence-electron chi connectivity index (χ2n) is 4.05. The van der Waals surface area contributed by atoms with E-state index in [1.807, 2.05) is 36.7 Å². The van der Waals surface area contributed by atoms with E-state index in [4.69, 9.17) is 21.4 Å². The van der Waals surface area contributed by atoms with E-state index in [1.54, 1.807) is 0 Å². The molecule has 0 aliphatic carbocycles. The number of ether oxygens (including phenoxy) is 1. The Bertz CT molecular complexity index is 658. The Morgan fingerprint density at radius 2 is 2.26 bits per heavy atom. The first-order valence-electron chi connectivity index (χ1n) is 5.86. The second kappa shape index (κ2) is 5.36. The first-order chi connectivity index (χ1) is 9.04. The van der Waals surface area contributed by atoms with Crippen molar-refractivity contribution in [2.45, 2.75) is 6.92 Å². The summed E-state index contributed by atoms with van der Waals surface area (Å²) in [6, 6.07) is 5.64. The third-order valence-corrected chi connectivity index (χ3v) is 3.30. The molecule has 1 aromatic carbocycles. The quantitative estimate of drug-likeness (QED) is 0.874. The predicted octanol–water partition coefficient (Wildman–Crippen LogP) is 3.33. The van der Waals surface area contributed by atoms with Crippen LogP contribution in [0.1, 0.15) is 12.5 Å². The minimum Gasteiger partial charge on any atom is -0.494 e. The van der Waals surface area contributed by atoms with E-state index in [9.17, 15) is 4.79 Å². The smallest absolute Gasteiger partial charge is 0.328 e. The molecule has 0 atom stereocenters. The molecule has 0 unspecified atom stereocenters. The molecule has 0 aliphatic rings. The monoisotopic (exact) mass is 279 g/mol. The van der Waals surface area contributed by atoms with E-state index >= 15 is 0 Å². The van der Waals surface area contributed by atoms with Gasteiger partial charge in [-0.3, -0.25) is 0 Å². The summed E-state index contributed by atoms with van der Waals surface area (Å²) in [7, 11) is 1.84. The lowest BCUT2D eigenvalue weighted by molar-refractivity contribution is -0.131. The largest absolute Gasteiger partial charge is 0.494 e. The van der Waals surface area contributed by atoms with Crippen molar-refractivity contribution < 1.29 is 14.6 Å². The van der Waals surface area contributed by atoms with Crippen molar-refractivity contribution in [2.75, 3.05) is 6.61 Å². The highest BCUT2D eigenvalue weighted by Crippen LogP contribution is 2.32. The first kappa shape index (κ1) is 13.5. The SMILES string of the molecule is CCOc1ccc2c(c1)c(/C=C/C(=O)O)c(Cl)n2C. The molecule has 0 saturated heterocycles. The molecule has 0 bridgehead atoms. The Kier molecular flexibility index (Phi) is 3.81. The number of aromatic nitrogens is 1. The van der Waals surface area contributed by atoms with Crippen LogP contribution in [0.3, 0.4) is 0 Å². The second-order valence-corrected chi connectivity index (χ2v) is 4.41.